The van der Waals surface area contributed by atoms with Crippen LogP contribution >= 0.6 is 11.6 Å². The zero-order chi connectivity index (χ0) is 12.5. The lowest BCUT2D eigenvalue weighted by atomic mass is 10.1. The zero-order valence-corrected chi connectivity index (χ0v) is 11.1. The molecule has 0 saturated heterocycles. The highest BCUT2D eigenvalue weighted by atomic mass is 35.5. The van der Waals surface area contributed by atoms with Crippen LogP contribution < -0.4 is 4.72 Å². The second-order valence-electron chi connectivity index (χ2n) is 4.48. The van der Waals surface area contributed by atoms with Crippen LogP contribution in [0, 0.1) is 11.8 Å². The number of hydrogen-bond donors (Lipinski definition) is 1. The van der Waals surface area contributed by atoms with E-state index in [0.717, 1.165) is 0 Å². The van der Waals surface area contributed by atoms with Crippen LogP contribution in [0.3, 0.4) is 0 Å². The lowest BCUT2D eigenvalue weighted by molar-refractivity contribution is 0.491. The molecule has 1 aliphatic carbocycles. The van der Waals surface area contributed by atoms with E-state index in [1.807, 2.05) is 0 Å². The van der Waals surface area contributed by atoms with Crippen molar-refractivity contribution in [3.63, 3.8) is 0 Å². The quantitative estimate of drug-likeness (QED) is 0.836. The van der Waals surface area contributed by atoms with Gasteiger partial charge in [0.25, 0.3) is 0 Å². The number of halogens is 1. The van der Waals surface area contributed by atoms with Crippen LogP contribution in [0.2, 0.25) is 5.15 Å². The van der Waals surface area contributed by atoms with Gasteiger partial charge in [0, 0.05) is 12.7 Å². The fraction of sp³-hybridized carbons (Fsp3) is 0.545. The van der Waals surface area contributed by atoms with E-state index in [2.05, 4.69) is 16.6 Å². The smallest absolute Gasteiger partial charge is 0.242 e. The van der Waals surface area contributed by atoms with E-state index in [9.17, 15) is 8.42 Å². The van der Waals surface area contributed by atoms with E-state index in [0.29, 0.717) is 18.4 Å². The number of pyridine rings is 1. The number of sulfonamides is 1. The Hall–Kier alpha value is -0.650. The molecule has 0 radical (unpaired) electrons. The molecule has 4 nitrogen and oxygen atoms in total. The Balaban J connectivity index is 2.00. The van der Waals surface area contributed by atoms with Crippen molar-refractivity contribution >= 4 is 21.6 Å². The molecule has 0 amide bonds. The molecular formula is C11H15ClN2O2S. The van der Waals surface area contributed by atoms with Crippen molar-refractivity contribution in [3.05, 3.63) is 23.5 Å². The van der Waals surface area contributed by atoms with Gasteiger partial charge in [-0.05, 0) is 36.8 Å². The molecule has 1 aliphatic rings. The fourth-order valence-corrected chi connectivity index (χ4v) is 2.88. The van der Waals surface area contributed by atoms with Gasteiger partial charge in [0.05, 0.1) is 0 Å². The number of nitrogens with zero attached hydrogens (tertiary/aromatic N) is 1. The standard InChI is InChI=1S/C11H15ClN2O2S/c1-8(9-2-3-9)6-14-17(15,16)10-4-5-11(12)13-7-10/h4-5,7-9,14H,2-3,6H2,1H3. The average molecular weight is 275 g/mol. The van der Waals surface area contributed by atoms with Crippen LogP contribution in [0.4, 0.5) is 0 Å². The summed E-state index contributed by atoms with van der Waals surface area (Å²) < 4.78 is 26.4. The molecule has 1 atom stereocenters. The minimum absolute atomic E-state index is 0.157. The first-order chi connectivity index (χ1) is 7.99. The second-order valence-corrected chi connectivity index (χ2v) is 6.64. The first kappa shape index (κ1) is 12.8. The first-order valence-corrected chi connectivity index (χ1v) is 7.46. The summed E-state index contributed by atoms with van der Waals surface area (Å²) in [5.74, 6) is 1.08. The molecule has 1 fully saturated rings. The molecule has 1 unspecified atom stereocenters. The van der Waals surface area contributed by atoms with Gasteiger partial charge in [0.15, 0.2) is 0 Å². The van der Waals surface area contributed by atoms with Crippen LogP contribution in [0.1, 0.15) is 19.8 Å². The van der Waals surface area contributed by atoms with Crippen molar-refractivity contribution in [2.24, 2.45) is 11.8 Å². The van der Waals surface area contributed by atoms with E-state index in [4.69, 9.17) is 11.6 Å². The van der Waals surface area contributed by atoms with Gasteiger partial charge in [-0.1, -0.05) is 18.5 Å². The highest BCUT2D eigenvalue weighted by Crippen LogP contribution is 2.36. The van der Waals surface area contributed by atoms with Crippen molar-refractivity contribution in [2.45, 2.75) is 24.7 Å². The molecule has 0 aromatic carbocycles. The molecule has 1 N–H and O–H groups in total. The summed E-state index contributed by atoms with van der Waals surface area (Å²) in [6, 6.07) is 2.93. The fourth-order valence-electron chi connectivity index (χ4n) is 1.68. The number of rotatable bonds is 5. The molecule has 1 aromatic rings. The van der Waals surface area contributed by atoms with Gasteiger partial charge in [0.1, 0.15) is 10.0 Å². The third kappa shape index (κ3) is 3.40. The van der Waals surface area contributed by atoms with Crippen molar-refractivity contribution in [1.29, 1.82) is 0 Å². The van der Waals surface area contributed by atoms with Crippen molar-refractivity contribution in [3.8, 4) is 0 Å². The maximum absolute atomic E-state index is 11.9. The monoisotopic (exact) mass is 274 g/mol. The van der Waals surface area contributed by atoms with E-state index >= 15 is 0 Å². The first-order valence-electron chi connectivity index (χ1n) is 5.60. The van der Waals surface area contributed by atoms with Crippen LogP contribution in [-0.4, -0.2) is 19.9 Å². The summed E-state index contributed by atoms with van der Waals surface area (Å²) in [5, 5.41) is 0.287. The maximum Gasteiger partial charge on any atom is 0.242 e. The highest BCUT2D eigenvalue weighted by Gasteiger charge is 2.28. The normalized spacial score (nSPS) is 18.0. The zero-order valence-electron chi connectivity index (χ0n) is 9.56. The summed E-state index contributed by atoms with van der Waals surface area (Å²) in [5.41, 5.74) is 0. The molecule has 17 heavy (non-hydrogen) atoms. The van der Waals surface area contributed by atoms with E-state index in [-0.39, 0.29) is 10.0 Å². The maximum atomic E-state index is 11.9. The van der Waals surface area contributed by atoms with E-state index in [1.165, 1.54) is 31.2 Å². The molecule has 1 heterocycles. The Morgan fingerprint density at radius 1 is 1.53 bits per heavy atom. The SMILES string of the molecule is CC(CNS(=O)(=O)c1ccc(Cl)nc1)C1CC1. The summed E-state index contributed by atoms with van der Waals surface area (Å²) in [7, 11) is -3.45. The van der Waals surface area contributed by atoms with Crippen LogP contribution in [0.15, 0.2) is 23.2 Å². The second kappa shape index (κ2) is 4.92. The topological polar surface area (TPSA) is 59.1 Å². The summed E-state index contributed by atoms with van der Waals surface area (Å²) in [6.45, 7) is 2.55. The van der Waals surface area contributed by atoms with Crippen LogP contribution in [0.25, 0.3) is 0 Å². The molecule has 94 valence electrons. The molecule has 0 aliphatic heterocycles. The lowest BCUT2D eigenvalue weighted by Gasteiger charge is -2.11. The van der Waals surface area contributed by atoms with Gasteiger partial charge in [-0.2, -0.15) is 0 Å². The number of hydrogen-bond acceptors (Lipinski definition) is 3. The predicted octanol–water partition coefficient (Wildman–Crippen LogP) is 2.06. The minimum Gasteiger partial charge on any atom is -0.243 e. The Kier molecular flexibility index (Phi) is 3.70. The highest BCUT2D eigenvalue weighted by molar-refractivity contribution is 7.89. The molecular weight excluding hydrogens is 260 g/mol. The Bertz CT molecular complexity index is 483. The van der Waals surface area contributed by atoms with Crippen LogP contribution in [-0.2, 0) is 10.0 Å². The third-order valence-corrected chi connectivity index (χ3v) is 4.67. The van der Waals surface area contributed by atoms with Gasteiger partial charge in [-0.25, -0.2) is 18.1 Å². The predicted molar refractivity (Wildman–Crippen MR) is 66.3 cm³/mol. The molecule has 1 aromatic heterocycles. The third-order valence-electron chi connectivity index (χ3n) is 3.03. The largest absolute Gasteiger partial charge is 0.243 e. The summed E-state index contributed by atoms with van der Waals surface area (Å²) in [4.78, 5) is 3.92. The Labute approximate surface area is 106 Å². The van der Waals surface area contributed by atoms with E-state index in [1.54, 1.807) is 0 Å². The average Bonchev–Trinajstić information content (AvgIpc) is 3.10. The summed E-state index contributed by atoms with van der Waals surface area (Å²) in [6.07, 6.45) is 3.70. The molecule has 6 heteroatoms. The minimum atomic E-state index is -3.45. The Morgan fingerprint density at radius 3 is 2.76 bits per heavy atom. The van der Waals surface area contributed by atoms with Gasteiger partial charge in [-0.3, -0.25) is 0 Å². The van der Waals surface area contributed by atoms with Gasteiger partial charge in [0.2, 0.25) is 10.0 Å². The van der Waals surface area contributed by atoms with Crippen molar-refractivity contribution < 1.29 is 8.42 Å². The Morgan fingerprint density at radius 2 is 2.24 bits per heavy atom. The number of aromatic nitrogens is 1. The summed E-state index contributed by atoms with van der Waals surface area (Å²) >= 11 is 5.61. The van der Waals surface area contributed by atoms with E-state index < -0.39 is 10.0 Å². The van der Waals surface area contributed by atoms with Crippen LogP contribution in [0.5, 0.6) is 0 Å². The lowest BCUT2D eigenvalue weighted by Crippen LogP contribution is -2.29. The van der Waals surface area contributed by atoms with Gasteiger partial charge >= 0.3 is 0 Å². The molecule has 2 rings (SSSR count). The molecule has 1 saturated carbocycles. The number of nitrogens with one attached hydrogen (secondary N) is 1. The molecule has 0 bridgehead atoms. The molecule has 0 spiro atoms. The van der Waals surface area contributed by atoms with Gasteiger partial charge in [-0.15, -0.1) is 0 Å². The van der Waals surface area contributed by atoms with Crippen molar-refractivity contribution in [2.75, 3.05) is 6.54 Å². The van der Waals surface area contributed by atoms with Crippen molar-refractivity contribution in [1.82, 2.24) is 9.71 Å². The van der Waals surface area contributed by atoms with Gasteiger partial charge < -0.3 is 0 Å².